The number of hydrogen-bond donors (Lipinski definition) is 0. The molecule has 0 aromatic carbocycles. The summed E-state index contributed by atoms with van der Waals surface area (Å²) in [5, 5.41) is 0. The van der Waals surface area contributed by atoms with E-state index in [0.29, 0.717) is 9.21 Å². The van der Waals surface area contributed by atoms with Crippen LogP contribution in [0.3, 0.4) is 0 Å². The van der Waals surface area contributed by atoms with Crippen molar-refractivity contribution in [2.75, 3.05) is 7.05 Å². The third-order valence-corrected chi connectivity index (χ3v) is 4.18. The molecule has 0 saturated carbocycles. The highest BCUT2D eigenvalue weighted by Crippen LogP contribution is 2.32. The van der Waals surface area contributed by atoms with Gasteiger partial charge in [-0.25, -0.2) is 0 Å². The molecule has 0 radical (unpaired) electrons. The number of amides is 1. The van der Waals surface area contributed by atoms with Gasteiger partial charge < -0.3 is 4.90 Å². The maximum absolute atomic E-state index is 12.4. The Balaban J connectivity index is 2.86. The zero-order valence-corrected chi connectivity index (χ0v) is 13.6. The van der Waals surface area contributed by atoms with Crippen LogP contribution in [0.5, 0.6) is 0 Å². The second kappa shape index (κ2) is 5.22. The maximum Gasteiger partial charge on any atom is 0.264 e. The van der Waals surface area contributed by atoms with Crippen LogP contribution in [0.25, 0.3) is 0 Å². The molecule has 1 heterocycles. The van der Waals surface area contributed by atoms with Crippen molar-refractivity contribution in [3.63, 3.8) is 0 Å². The monoisotopic (exact) mass is 287 g/mol. The molecule has 0 bridgehead atoms. The zero-order valence-electron chi connectivity index (χ0n) is 12.0. The largest absolute Gasteiger partial charge is 0.336 e. The Morgan fingerprint density at radius 3 is 2.22 bits per heavy atom. The molecule has 0 atom stereocenters. The molecule has 1 amide bonds. The Morgan fingerprint density at radius 2 is 1.83 bits per heavy atom. The summed E-state index contributed by atoms with van der Waals surface area (Å²) < 4.78 is 0.653. The van der Waals surface area contributed by atoms with Crippen LogP contribution in [-0.4, -0.2) is 23.4 Å². The minimum atomic E-state index is -0.175. The minimum absolute atomic E-state index is 0.0427. The third kappa shape index (κ3) is 3.99. The number of rotatable bonds is 3. The van der Waals surface area contributed by atoms with Crippen LogP contribution in [0.1, 0.15) is 50.7 Å². The number of nitrogens with zero attached hydrogens (tertiary/aromatic N) is 1. The lowest BCUT2D eigenvalue weighted by Gasteiger charge is -2.40. The van der Waals surface area contributed by atoms with Crippen molar-refractivity contribution in [2.45, 2.75) is 46.6 Å². The summed E-state index contributed by atoms with van der Waals surface area (Å²) in [4.78, 5) is 14.9. The molecule has 0 N–H and O–H groups in total. The summed E-state index contributed by atoms with van der Waals surface area (Å²) >= 11 is 7.21. The van der Waals surface area contributed by atoms with Gasteiger partial charge in [0.1, 0.15) is 0 Å². The fraction of sp³-hybridized carbons (Fsp3) is 0.643. The van der Waals surface area contributed by atoms with Crippen molar-refractivity contribution in [1.82, 2.24) is 4.90 Å². The first-order valence-corrected chi connectivity index (χ1v) is 7.26. The van der Waals surface area contributed by atoms with Crippen molar-refractivity contribution in [3.05, 3.63) is 21.3 Å². The van der Waals surface area contributed by atoms with Crippen LogP contribution in [0.15, 0.2) is 12.1 Å². The Kier molecular flexibility index (Phi) is 4.50. The van der Waals surface area contributed by atoms with Crippen molar-refractivity contribution in [1.29, 1.82) is 0 Å². The fourth-order valence-corrected chi connectivity index (χ4v) is 3.30. The average molecular weight is 288 g/mol. The highest BCUT2D eigenvalue weighted by Gasteiger charge is 2.32. The van der Waals surface area contributed by atoms with Gasteiger partial charge in [-0.2, -0.15) is 0 Å². The van der Waals surface area contributed by atoms with Gasteiger partial charge in [-0.15, -0.1) is 11.3 Å². The van der Waals surface area contributed by atoms with Gasteiger partial charge in [0.05, 0.1) is 9.21 Å². The van der Waals surface area contributed by atoms with Gasteiger partial charge >= 0.3 is 0 Å². The van der Waals surface area contributed by atoms with Crippen LogP contribution in [-0.2, 0) is 0 Å². The molecule has 0 fully saturated rings. The molecule has 1 aromatic heterocycles. The highest BCUT2D eigenvalue weighted by atomic mass is 35.5. The minimum Gasteiger partial charge on any atom is -0.336 e. The van der Waals surface area contributed by atoms with Crippen molar-refractivity contribution in [3.8, 4) is 0 Å². The SMILES string of the molecule is CN(C(=O)c1ccc(Cl)s1)C(C)(C)CC(C)(C)C. The number of carbonyl (C=O) groups excluding carboxylic acids is 1. The summed E-state index contributed by atoms with van der Waals surface area (Å²) in [6, 6.07) is 3.56. The van der Waals surface area contributed by atoms with E-state index >= 15 is 0 Å². The van der Waals surface area contributed by atoms with Gasteiger partial charge in [0, 0.05) is 12.6 Å². The van der Waals surface area contributed by atoms with Crippen LogP contribution in [0.4, 0.5) is 0 Å². The molecule has 2 nitrogen and oxygen atoms in total. The topological polar surface area (TPSA) is 20.3 Å². The normalized spacial score (nSPS) is 12.6. The van der Waals surface area contributed by atoms with Crippen molar-refractivity contribution in [2.24, 2.45) is 5.41 Å². The first-order chi connectivity index (χ1) is 8.03. The summed E-state index contributed by atoms with van der Waals surface area (Å²) in [6.45, 7) is 10.8. The predicted octanol–water partition coefficient (Wildman–Crippen LogP) is 4.69. The quantitative estimate of drug-likeness (QED) is 0.790. The Bertz CT molecular complexity index is 431. The van der Waals surface area contributed by atoms with E-state index in [1.807, 2.05) is 11.9 Å². The van der Waals surface area contributed by atoms with Crippen LogP contribution in [0, 0.1) is 5.41 Å². The summed E-state index contributed by atoms with van der Waals surface area (Å²) in [7, 11) is 1.86. The smallest absolute Gasteiger partial charge is 0.264 e. The molecule has 0 aliphatic rings. The van der Waals surface area contributed by atoms with Gasteiger partial charge in [0.2, 0.25) is 0 Å². The van der Waals surface area contributed by atoms with E-state index < -0.39 is 0 Å². The van der Waals surface area contributed by atoms with E-state index in [2.05, 4.69) is 34.6 Å². The molecule has 18 heavy (non-hydrogen) atoms. The summed E-state index contributed by atoms with van der Waals surface area (Å²) in [5.41, 5.74) is 0.0108. The van der Waals surface area contributed by atoms with Gasteiger partial charge in [-0.05, 0) is 37.8 Å². The predicted molar refractivity (Wildman–Crippen MR) is 79.6 cm³/mol. The van der Waals surface area contributed by atoms with E-state index in [1.54, 1.807) is 12.1 Å². The van der Waals surface area contributed by atoms with Crippen LogP contribution < -0.4 is 0 Å². The molecule has 0 saturated heterocycles. The molecule has 0 aliphatic heterocycles. The highest BCUT2D eigenvalue weighted by molar-refractivity contribution is 7.17. The average Bonchev–Trinajstić information content (AvgIpc) is 2.59. The Morgan fingerprint density at radius 1 is 1.28 bits per heavy atom. The van der Waals surface area contributed by atoms with Gasteiger partial charge in [-0.3, -0.25) is 4.79 Å². The second-order valence-electron chi connectivity index (χ2n) is 6.52. The number of carbonyl (C=O) groups is 1. The lowest BCUT2D eigenvalue weighted by atomic mass is 9.81. The first-order valence-electron chi connectivity index (χ1n) is 6.06. The lowest BCUT2D eigenvalue weighted by molar-refractivity contribution is 0.0545. The number of halogens is 1. The van der Waals surface area contributed by atoms with Crippen LogP contribution >= 0.6 is 22.9 Å². The number of thiophene rings is 1. The fourth-order valence-electron chi connectivity index (χ4n) is 2.29. The van der Waals surface area contributed by atoms with E-state index in [0.717, 1.165) is 6.42 Å². The second-order valence-corrected chi connectivity index (χ2v) is 8.23. The van der Waals surface area contributed by atoms with Crippen molar-refractivity contribution < 1.29 is 4.79 Å². The van der Waals surface area contributed by atoms with E-state index in [1.165, 1.54) is 11.3 Å². The first kappa shape index (κ1) is 15.5. The molecule has 1 aromatic rings. The van der Waals surface area contributed by atoms with E-state index in [-0.39, 0.29) is 16.9 Å². The Labute approximate surface area is 119 Å². The molecular weight excluding hydrogens is 266 g/mol. The van der Waals surface area contributed by atoms with Gasteiger partial charge in [-0.1, -0.05) is 32.4 Å². The van der Waals surface area contributed by atoms with E-state index in [9.17, 15) is 4.79 Å². The summed E-state index contributed by atoms with van der Waals surface area (Å²) in [6.07, 6.45) is 0.946. The summed E-state index contributed by atoms with van der Waals surface area (Å²) in [5.74, 6) is 0.0427. The standard InChI is InChI=1S/C14H22ClNOS/c1-13(2,3)9-14(4,5)16(6)12(17)10-7-8-11(15)18-10/h7-8H,9H2,1-6H3. The molecule has 102 valence electrons. The molecule has 0 spiro atoms. The van der Waals surface area contributed by atoms with Crippen LogP contribution in [0.2, 0.25) is 4.34 Å². The number of hydrogen-bond acceptors (Lipinski definition) is 2. The maximum atomic E-state index is 12.4. The zero-order chi connectivity index (χ0) is 14.1. The Hall–Kier alpha value is -0.540. The lowest BCUT2D eigenvalue weighted by Crippen LogP contribution is -2.47. The van der Waals surface area contributed by atoms with Gasteiger partial charge in [0.25, 0.3) is 5.91 Å². The van der Waals surface area contributed by atoms with E-state index in [4.69, 9.17) is 11.6 Å². The molecule has 0 unspecified atom stereocenters. The third-order valence-electron chi connectivity index (χ3n) is 2.96. The molecule has 4 heteroatoms. The molecular formula is C14H22ClNOS. The van der Waals surface area contributed by atoms with Gasteiger partial charge in [0.15, 0.2) is 0 Å². The van der Waals surface area contributed by atoms with Crippen molar-refractivity contribution >= 4 is 28.8 Å². The molecule has 0 aliphatic carbocycles. The molecule has 1 rings (SSSR count).